The first-order valence-electron chi connectivity index (χ1n) is 6.12. The largest absolute Gasteiger partial charge is 0.330 e. The van der Waals surface area contributed by atoms with E-state index in [1.165, 1.54) is 18.2 Å². The van der Waals surface area contributed by atoms with E-state index in [-0.39, 0.29) is 16.2 Å². The highest BCUT2D eigenvalue weighted by Crippen LogP contribution is 2.19. The van der Waals surface area contributed by atoms with Gasteiger partial charge in [-0.1, -0.05) is 12.1 Å². The molecule has 0 fully saturated rings. The van der Waals surface area contributed by atoms with Crippen LogP contribution in [-0.4, -0.2) is 30.9 Å². The number of nitrogens with one attached hydrogen (secondary N) is 1. The fourth-order valence-electron chi connectivity index (χ4n) is 1.73. The van der Waals surface area contributed by atoms with Gasteiger partial charge in [0.2, 0.25) is 0 Å². The van der Waals surface area contributed by atoms with Crippen molar-refractivity contribution in [1.82, 2.24) is 10.2 Å². The van der Waals surface area contributed by atoms with Crippen molar-refractivity contribution in [3.8, 4) is 11.3 Å². The van der Waals surface area contributed by atoms with E-state index >= 15 is 0 Å². The van der Waals surface area contributed by atoms with Crippen LogP contribution in [0.25, 0.3) is 11.3 Å². The van der Waals surface area contributed by atoms with Gasteiger partial charge in [-0.25, -0.2) is 13.5 Å². The summed E-state index contributed by atoms with van der Waals surface area (Å²) in [5, 5.41) is 6.22. The minimum Gasteiger partial charge on any atom is -0.330 e. The zero-order valence-electron chi connectivity index (χ0n) is 10.7. The molecule has 2 rings (SSSR count). The maximum Gasteiger partial charge on any atom is 0.264 e. The summed E-state index contributed by atoms with van der Waals surface area (Å²) in [4.78, 5) is 11.2. The van der Waals surface area contributed by atoms with Crippen LogP contribution in [0.4, 0.5) is 0 Å². The Morgan fingerprint density at radius 1 is 1.10 bits per heavy atom. The van der Waals surface area contributed by atoms with Gasteiger partial charge in [-0.2, -0.15) is 5.10 Å². The number of nitrogens with two attached hydrogens (primary N) is 1. The van der Waals surface area contributed by atoms with Gasteiger partial charge >= 0.3 is 0 Å². The number of rotatable bonds is 5. The van der Waals surface area contributed by atoms with E-state index in [1.54, 1.807) is 18.2 Å². The fourth-order valence-corrected chi connectivity index (χ4v) is 3.06. The first kappa shape index (κ1) is 14.4. The molecule has 3 N–H and O–H groups in total. The molecule has 0 bridgehead atoms. The predicted molar refractivity (Wildman–Crippen MR) is 76.0 cm³/mol. The molecule has 1 heterocycles. The van der Waals surface area contributed by atoms with Crippen LogP contribution in [0.3, 0.4) is 0 Å². The van der Waals surface area contributed by atoms with E-state index in [9.17, 15) is 13.2 Å². The number of benzene rings is 1. The van der Waals surface area contributed by atoms with Crippen LogP contribution >= 0.6 is 0 Å². The number of hydrogen-bond acceptors (Lipinski definition) is 5. The van der Waals surface area contributed by atoms with Gasteiger partial charge in [0.1, 0.15) is 0 Å². The monoisotopic (exact) mass is 293 g/mol. The van der Waals surface area contributed by atoms with Gasteiger partial charge < -0.3 is 5.73 Å². The van der Waals surface area contributed by atoms with E-state index in [2.05, 4.69) is 10.2 Å². The summed E-state index contributed by atoms with van der Waals surface area (Å²) in [5.41, 5.74) is 6.36. The van der Waals surface area contributed by atoms with E-state index < -0.39 is 9.84 Å². The SMILES string of the molecule is NCCCS(=O)(=O)c1ccc(-c2ccc(=O)[nH]n2)cc1. The first-order valence-corrected chi connectivity index (χ1v) is 7.77. The van der Waals surface area contributed by atoms with Crippen LogP contribution < -0.4 is 11.3 Å². The highest BCUT2D eigenvalue weighted by Gasteiger charge is 2.13. The Morgan fingerprint density at radius 3 is 2.35 bits per heavy atom. The highest BCUT2D eigenvalue weighted by atomic mass is 32.2. The summed E-state index contributed by atoms with van der Waals surface area (Å²) in [6, 6.07) is 9.35. The molecular weight excluding hydrogens is 278 g/mol. The highest BCUT2D eigenvalue weighted by molar-refractivity contribution is 7.91. The summed E-state index contributed by atoms with van der Waals surface area (Å²) >= 11 is 0. The Labute approximate surface area is 116 Å². The van der Waals surface area contributed by atoms with Crippen molar-refractivity contribution < 1.29 is 8.42 Å². The molecule has 0 unspecified atom stereocenters. The summed E-state index contributed by atoms with van der Waals surface area (Å²) in [7, 11) is -3.29. The number of H-pyrrole nitrogens is 1. The summed E-state index contributed by atoms with van der Waals surface area (Å²) < 4.78 is 23.9. The van der Waals surface area contributed by atoms with Crippen molar-refractivity contribution in [1.29, 1.82) is 0 Å². The molecule has 20 heavy (non-hydrogen) atoms. The summed E-state index contributed by atoms with van der Waals surface area (Å²) in [6.07, 6.45) is 0.436. The molecule has 0 atom stereocenters. The number of aromatic nitrogens is 2. The molecule has 2 aromatic rings. The Bertz CT molecular complexity index is 716. The number of aromatic amines is 1. The third kappa shape index (κ3) is 3.31. The van der Waals surface area contributed by atoms with Crippen LogP contribution in [-0.2, 0) is 9.84 Å². The summed E-state index contributed by atoms with van der Waals surface area (Å²) in [5.74, 6) is 0.0414. The second-order valence-electron chi connectivity index (χ2n) is 4.29. The number of sulfone groups is 1. The van der Waals surface area contributed by atoms with Gasteiger partial charge in [0.25, 0.3) is 5.56 Å². The van der Waals surface area contributed by atoms with Crippen molar-refractivity contribution in [3.63, 3.8) is 0 Å². The third-order valence-corrected chi connectivity index (χ3v) is 4.62. The normalized spacial score (nSPS) is 11.4. The van der Waals surface area contributed by atoms with E-state index in [0.717, 1.165) is 5.56 Å². The molecule has 0 saturated heterocycles. The molecule has 6 nitrogen and oxygen atoms in total. The molecule has 0 aliphatic heterocycles. The fraction of sp³-hybridized carbons (Fsp3) is 0.231. The lowest BCUT2D eigenvalue weighted by Gasteiger charge is -2.05. The minimum absolute atomic E-state index is 0.0414. The Balaban J connectivity index is 2.26. The zero-order valence-corrected chi connectivity index (χ0v) is 11.6. The Kier molecular flexibility index (Phi) is 4.31. The van der Waals surface area contributed by atoms with Crippen molar-refractivity contribution in [2.24, 2.45) is 5.73 Å². The quantitative estimate of drug-likeness (QED) is 0.837. The van der Waals surface area contributed by atoms with E-state index in [1.807, 2.05) is 0 Å². The van der Waals surface area contributed by atoms with Crippen LogP contribution in [0.2, 0.25) is 0 Å². The lowest BCUT2D eigenvalue weighted by molar-refractivity contribution is 0.593. The third-order valence-electron chi connectivity index (χ3n) is 2.81. The molecular formula is C13H15N3O3S. The van der Waals surface area contributed by atoms with Crippen molar-refractivity contribution in [2.45, 2.75) is 11.3 Å². The van der Waals surface area contributed by atoms with Crippen molar-refractivity contribution in [3.05, 3.63) is 46.8 Å². The molecule has 0 saturated carbocycles. The van der Waals surface area contributed by atoms with Gasteiger partial charge in [0, 0.05) is 11.6 Å². The van der Waals surface area contributed by atoms with Crippen LogP contribution in [0.15, 0.2) is 46.1 Å². The number of nitrogens with zero attached hydrogens (tertiary/aromatic N) is 1. The smallest absolute Gasteiger partial charge is 0.264 e. The molecule has 7 heteroatoms. The predicted octanol–water partition coefficient (Wildman–Crippen LogP) is 0.559. The van der Waals surface area contributed by atoms with Crippen LogP contribution in [0.1, 0.15) is 6.42 Å². The molecule has 0 aliphatic rings. The summed E-state index contributed by atoms with van der Waals surface area (Å²) in [6.45, 7) is 0.346. The lowest BCUT2D eigenvalue weighted by Crippen LogP contribution is -2.11. The molecule has 0 radical (unpaired) electrons. The average molecular weight is 293 g/mol. The average Bonchev–Trinajstić information content (AvgIpc) is 2.46. The second kappa shape index (κ2) is 5.98. The number of hydrogen-bond donors (Lipinski definition) is 2. The molecule has 106 valence electrons. The molecule has 1 aromatic heterocycles. The van der Waals surface area contributed by atoms with Crippen molar-refractivity contribution in [2.75, 3.05) is 12.3 Å². The maximum absolute atomic E-state index is 12.0. The molecule has 0 aliphatic carbocycles. The Hall–Kier alpha value is -1.99. The molecule has 0 spiro atoms. The minimum atomic E-state index is -3.29. The second-order valence-corrected chi connectivity index (χ2v) is 6.40. The molecule has 1 aromatic carbocycles. The van der Waals surface area contributed by atoms with Gasteiger partial charge in [0.15, 0.2) is 9.84 Å². The standard InChI is InChI=1S/C13H15N3O3S/c14-8-1-9-20(18,19)11-4-2-10(3-5-11)12-6-7-13(17)16-15-12/h2-7H,1,8-9,14H2,(H,16,17). The van der Waals surface area contributed by atoms with Crippen molar-refractivity contribution >= 4 is 9.84 Å². The van der Waals surface area contributed by atoms with E-state index in [4.69, 9.17) is 5.73 Å². The Morgan fingerprint density at radius 2 is 1.80 bits per heavy atom. The molecule has 0 amide bonds. The van der Waals surface area contributed by atoms with Crippen LogP contribution in [0, 0.1) is 0 Å². The maximum atomic E-state index is 12.0. The van der Waals surface area contributed by atoms with E-state index in [0.29, 0.717) is 18.7 Å². The zero-order chi connectivity index (χ0) is 14.6. The van der Waals surface area contributed by atoms with Gasteiger partial charge in [0.05, 0.1) is 16.3 Å². The van der Waals surface area contributed by atoms with Gasteiger partial charge in [-0.3, -0.25) is 4.79 Å². The topological polar surface area (TPSA) is 106 Å². The van der Waals surface area contributed by atoms with Crippen LogP contribution in [0.5, 0.6) is 0 Å². The first-order chi connectivity index (χ1) is 9.53. The van der Waals surface area contributed by atoms with Gasteiger partial charge in [-0.05, 0) is 31.2 Å². The lowest BCUT2D eigenvalue weighted by atomic mass is 10.1. The van der Waals surface area contributed by atoms with Gasteiger partial charge in [-0.15, -0.1) is 0 Å².